The number of nitrogens with zero attached hydrogens (tertiary/aromatic N) is 1. The van der Waals surface area contributed by atoms with Gasteiger partial charge in [0.1, 0.15) is 0 Å². The number of nitrogens with one attached hydrogen (secondary N) is 2. The molecule has 2 aliphatic rings. The summed E-state index contributed by atoms with van der Waals surface area (Å²) < 4.78 is 0. The summed E-state index contributed by atoms with van der Waals surface area (Å²) >= 11 is 0. The monoisotopic (exact) mass is 267 g/mol. The fraction of sp³-hybridized carbons (Fsp3) is 0.933. The zero-order valence-electron chi connectivity index (χ0n) is 12.5. The summed E-state index contributed by atoms with van der Waals surface area (Å²) in [4.78, 5) is 14.8. The van der Waals surface area contributed by atoms with Gasteiger partial charge in [0.05, 0.1) is 0 Å². The molecule has 0 aromatic carbocycles. The summed E-state index contributed by atoms with van der Waals surface area (Å²) in [7, 11) is 0. The average Bonchev–Trinajstić information content (AvgIpc) is 2.34. The molecule has 1 amide bonds. The fourth-order valence-corrected chi connectivity index (χ4v) is 3.36. The van der Waals surface area contributed by atoms with E-state index in [1.807, 2.05) is 0 Å². The van der Waals surface area contributed by atoms with Crippen LogP contribution in [0.1, 0.15) is 39.5 Å². The molecule has 1 aliphatic carbocycles. The zero-order chi connectivity index (χ0) is 13.7. The smallest absolute Gasteiger partial charge is 0.226 e. The number of hydrogen-bond acceptors (Lipinski definition) is 3. The van der Waals surface area contributed by atoms with Gasteiger partial charge >= 0.3 is 0 Å². The number of carbonyl (C=O) groups is 1. The second kappa shape index (κ2) is 6.71. The molecule has 0 aromatic heterocycles. The normalized spacial score (nSPS) is 23.1. The van der Waals surface area contributed by atoms with E-state index in [-0.39, 0.29) is 5.41 Å². The Bertz CT molecular complexity index is 294. The minimum atomic E-state index is -0.0301. The van der Waals surface area contributed by atoms with Crippen LogP contribution < -0.4 is 10.6 Å². The van der Waals surface area contributed by atoms with Crippen molar-refractivity contribution in [2.24, 2.45) is 11.3 Å². The van der Waals surface area contributed by atoms with Gasteiger partial charge in [0, 0.05) is 44.7 Å². The molecule has 0 bridgehead atoms. The van der Waals surface area contributed by atoms with Crippen molar-refractivity contribution in [2.45, 2.75) is 39.5 Å². The molecule has 0 spiro atoms. The van der Waals surface area contributed by atoms with E-state index in [1.165, 1.54) is 6.42 Å². The van der Waals surface area contributed by atoms with Crippen molar-refractivity contribution in [2.75, 3.05) is 39.3 Å². The largest absolute Gasteiger partial charge is 0.354 e. The standard InChI is InChI=1S/C15H29N3O/c1-13(2)12-15(4-3-5-15)14(19)17-8-11-18-9-6-16-7-10-18/h13,16H,3-12H2,1-2H3,(H,17,19). The maximum absolute atomic E-state index is 12.4. The molecule has 4 heteroatoms. The predicted octanol–water partition coefficient (Wildman–Crippen LogP) is 1.22. The van der Waals surface area contributed by atoms with E-state index >= 15 is 0 Å². The first kappa shape index (κ1) is 14.8. The summed E-state index contributed by atoms with van der Waals surface area (Å²) in [5.41, 5.74) is -0.0301. The Balaban J connectivity index is 1.70. The Kier molecular flexibility index (Phi) is 5.22. The number of piperazine rings is 1. The van der Waals surface area contributed by atoms with Crippen molar-refractivity contribution in [3.8, 4) is 0 Å². The van der Waals surface area contributed by atoms with Gasteiger partial charge in [0.15, 0.2) is 0 Å². The Morgan fingerprint density at radius 3 is 2.53 bits per heavy atom. The third-order valence-electron chi connectivity index (χ3n) is 4.51. The van der Waals surface area contributed by atoms with Gasteiger partial charge in [-0.3, -0.25) is 9.69 Å². The SMILES string of the molecule is CC(C)CC1(C(=O)NCCN2CCNCC2)CCC1. The number of amides is 1. The number of carbonyl (C=O) groups excluding carboxylic acids is 1. The highest BCUT2D eigenvalue weighted by Gasteiger charge is 2.43. The lowest BCUT2D eigenvalue weighted by Gasteiger charge is -2.41. The van der Waals surface area contributed by atoms with Gasteiger partial charge in [-0.2, -0.15) is 0 Å². The zero-order valence-corrected chi connectivity index (χ0v) is 12.5. The van der Waals surface area contributed by atoms with Crippen LogP contribution in [-0.4, -0.2) is 50.1 Å². The van der Waals surface area contributed by atoms with Crippen LogP contribution in [0.15, 0.2) is 0 Å². The van der Waals surface area contributed by atoms with Crippen LogP contribution in [0.2, 0.25) is 0 Å². The third-order valence-corrected chi connectivity index (χ3v) is 4.51. The van der Waals surface area contributed by atoms with E-state index in [0.717, 1.165) is 58.5 Å². The highest BCUT2D eigenvalue weighted by molar-refractivity contribution is 5.83. The lowest BCUT2D eigenvalue weighted by molar-refractivity contribution is -0.137. The summed E-state index contributed by atoms with van der Waals surface area (Å²) in [6.07, 6.45) is 4.44. The highest BCUT2D eigenvalue weighted by atomic mass is 16.2. The predicted molar refractivity (Wildman–Crippen MR) is 78.1 cm³/mol. The van der Waals surface area contributed by atoms with Crippen molar-refractivity contribution in [1.82, 2.24) is 15.5 Å². The lowest BCUT2D eigenvalue weighted by atomic mass is 9.64. The van der Waals surface area contributed by atoms with E-state index in [9.17, 15) is 4.79 Å². The van der Waals surface area contributed by atoms with Crippen LogP contribution in [-0.2, 0) is 4.79 Å². The minimum absolute atomic E-state index is 0.0301. The second-order valence-corrected chi connectivity index (χ2v) is 6.58. The van der Waals surface area contributed by atoms with Crippen LogP contribution in [0.4, 0.5) is 0 Å². The van der Waals surface area contributed by atoms with Crippen LogP contribution in [0.5, 0.6) is 0 Å². The van der Waals surface area contributed by atoms with E-state index in [2.05, 4.69) is 29.4 Å². The van der Waals surface area contributed by atoms with Crippen LogP contribution in [0.3, 0.4) is 0 Å². The van der Waals surface area contributed by atoms with Crippen LogP contribution in [0.25, 0.3) is 0 Å². The Morgan fingerprint density at radius 2 is 2.00 bits per heavy atom. The molecule has 1 saturated heterocycles. The van der Waals surface area contributed by atoms with Gasteiger partial charge < -0.3 is 10.6 Å². The molecule has 1 aliphatic heterocycles. The van der Waals surface area contributed by atoms with Crippen LogP contribution in [0, 0.1) is 11.3 Å². The maximum Gasteiger partial charge on any atom is 0.226 e. The molecule has 4 nitrogen and oxygen atoms in total. The van der Waals surface area contributed by atoms with Crippen molar-refractivity contribution in [1.29, 1.82) is 0 Å². The van der Waals surface area contributed by atoms with Gasteiger partial charge in [-0.15, -0.1) is 0 Å². The molecule has 1 heterocycles. The van der Waals surface area contributed by atoms with E-state index < -0.39 is 0 Å². The molecule has 2 fully saturated rings. The second-order valence-electron chi connectivity index (χ2n) is 6.58. The van der Waals surface area contributed by atoms with E-state index in [1.54, 1.807) is 0 Å². The van der Waals surface area contributed by atoms with Gasteiger partial charge in [0.2, 0.25) is 5.91 Å². The molecular weight excluding hydrogens is 238 g/mol. The third kappa shape index (κ3) is 3.93. The van der Waals surface area contributed by atoms with Crippen molar-refractivity contribution >= 4 is 5.91 Å². The highest BCUT2D eigenvalue weighted by Crippen LogP contribution is 2.46. The first-order valence-electron chi connectivity index (χ1n) is 7.84. The molecular formula is C15H29N3O. The average molecular weight is 267 g/mol. The molecule has 0 unspecified atom stereocenters. The van der Waals surface area contributed by atoms with Gasteiger partial charge in [0.25, 0.3) is 0 Å². The number of hydrogen-bond donors (Lipinski definition) is 2. The van der Waals surface area contributed by atoms with Crippen molar-refractivity contribution in [3.05, 3.63) is 0 Å². The fourth-order valence-electron chi connectivity index (χ4n) is 3.36. The lowest BCUT2D eigenvalue weighted by Crippen LogP contribution is -2.50. The number of rotatable bonds is 6. The Labute approximate surface area is 117 Å². The molecule has 0 aromatic rings. The topological polar surface area (TPSA) is 44.4 Å². The Morgan fingerprint density at radius 1 is 1.32 bits per heavy atom. The first-order chi connectivity index (χ1) is 9.12. The first-order valence-corrected chi connectivity index (χ1v) is 7.84. The molecule has 2 rings (SSSR count). The molecule has 0 atom stereocenters. The summed E-state index contributed by atoms with van der Waals surface area (Å²) in [5, 5.41) is 6.53. The molecule has 2 N–H and O–H groups in total. The minimum Gasteiger partial charge on any atom is -0.354 e. The molecule has 19 heavy (non-hydrogen) atoms. The molecule has 110 valence electrons. The van der Waals surface area contributed by atoms with E-state index in [4.69, 9.17) is 0 Å². The summed E-state index contributed by atoms with van der Waals surface area (Å²) in [6, 6.07) is 0. The summed E-state index contributed by atoms with van der Waals surface area (Å²) in [6.45, 7) is 10.6. The quantitative estimate of drug-likeness (QED) is 0.761. The van der Waals surface area contributed by atoms with Crippen molar-refractivity contribution < 1.29 is 4.79 Å². The van der Waals surface area contributed by atoms with Crippen LogP contribution >= 0.6 is 0 Å². The van der Waals surface area contributed by atoms with Crippen molar-refractivity contribution in [3.63, 3.8) is 0 Å². The molecule has 0 radical (unpaired) electrons. The molecule has 1 saturated carbocycles. The summed E-state index contributed by atoms with van der Waals surface area (Å²) in [5.74, 6) is 0.918. The maximum atomic E-state index is 12.4. The van der Waals surface area contributed by atoms with Gasteiger partial charge in [-0.25, -0.2) is 0 Å². The van der Waals surface area contributed by atoms with E-state index in [0.29, 0.717) is 11.8 Å². The van der Waals surface area contributed by atoms with Gasteiger partial charge in [-0.05, 0) is 25.2 Å². The van der Waals surface area contributed by atoms with Gasteiger partial charge in [-0.1, -0.05) is 20.3 Å². The Hall–Kier alpha value is -0.610.